The fraction of sp³-hybridized carbons (Fsp3) is 0.160. The van der Waals surface area contributed by atoms with Crippen LogP contribution in [0.25, 0.3) is 0 Å². The van der Waals surface area contributed by atoms with Crippen molar-refractivity contribution in [2.24, 2.45) is 0 Å². The van der Waals surface area contributed by atoms with E-state index in [9.17, 15) is 14.4 Å². The van der Waals surface area contributed by atoms with Gasteiger partial charge in [-0.3, -0.25) is 19.3 Å². The number of benzene rings is 3. The first kappa shape index (κ1) is 19.6. The van der Waals surface area contributed by atoms with E-state index < -0.39 is 17.9 Å². The van der Waals surface area contributed by atoms with E-state index in [1.54, 1.807) is 36.1 Å². The summed E-state index contributed by atoms with van der Waals surface area (Å²) in [5, 5.41) is 0. The molecule has 1 aliphatic rings. The molecule has 0 spiro atoms. The van der Waals surface area contributed by atoms with Gasteiger partial charge in [0.1, 0.15) is 6.04 Å². The van der Waals surface area contributed by atoms with Crippen LogP contribution < -0.4 is 0 Å². The van der Waals surface area contributed by atoms with Gasteiger partial charge in [-0.2, -0.15) is 0 Å². The standard InChI is InChI=1S/C25H22N2O3/c1-18(27-24(29)21-14-8-9-15-22(21)25(27)30)23(28)26(16-19-10-4-2-5-11-19)17-20-12-6-3-7-13-20/h2-15,18H,16-17H2,1H3/t18-/m0/s1. The number of hydrogen-bond acceptors (Lipinski definition) is 3. The molecule has 0 N–H and O–H groups in total. The van der Waals surface area contributed by atoms with Crippen LogP contribution in [0.1, 0.15) is 38.8 Å². The number of fused-ring (bicyclic) bond motifs is 1. The van der Waals surface area contributed by atoms with Crippen molar-refractivity contribution in [1.29, 1.82) is 0 Å². The Kier molecular flexibility index (Phi) is 5.44. The lowest BCUT2D eigenvalue weighted by atomic mass is 10.1. The fourth-order valence-electron chi connectivity index (χ4n) is 3.75. The molecular formula is C25H22N2O3. The smallest absolute Gasteiger partial charge is 0.262 e. The van der Waals surface area contributed by atoms with Crippen LogP contribution in [0.15, 0.2) is 84.9 Å². The Morgan fingerprint density at radius 1 is 0.733 bits per heavy atom. The van der Waals surface area contributed by atoms with Gasteiger partial charge in [-0.25, -0.2) is 0 Å². The summed E-state index contributed by atoms with van der Waals surface area (Å²) >= 11 is 0. The van der Waals surface area contributed by atoms with Gasteiger partial charge in [-0.15, -0.1) is 0 Å². The molecule has 0 unspecified atom stereocenters. The number of hydrogen-bond donors (Lipinski definition) is 0. The molecule has 1 atom stereocenters. The van der Waals surface area contributed by atoms with E-state index in [-0.39, 0.29) is 5.91 Å². The van der Waals surface area contributed by atoms with E-state index in [0.29, 0.717) is 24.2 Å². The van der Waals surface area contributed by atoms with Gasteiger partial charge < -0.3 is 4.90 Å². The van der Waals surface area contributed by atoms with Crippen molar-refractivity contribution in [2.45, 2.75) is 26.1 Å². The van der Waals surface area contributed by atoms with Gasteiger partial charge in [-0.1, -0.05) is 72.8 Å². The maximum absolute atomic E-state index is 13.5. The minimum Gasteiger partial charge on any atom is -0.332 e. The van der Waals surface area contributed by atoms with Crippen molar-refractivity contribution in [2.75, 3.05) is 0 Å². The van der Waals surface area contributed by atoms with Crippen LogP contribution in [0.3, 0.4) is 0 Å². The maximum Gasteiger partial charge on any atom is 0.262 e. The van der Waals surface area contributed by atoms with Crippen LogP contribution in [0.2, 0.25) is 0 Å². The van der Waals surface area contributed by atoms with Gasteiger partial charge in [0.05, 0.1) is 11.1 Å². The summed E-state index contributed by atoms with van der Waals surface area (Å²) in [4.78, 5) is 41.9. The van der Waals surface area contributed by atoms with Crippen LogP contribution in [0.5, 0.6) is 0 Å². The highest BCUT2D eigenvalue weighted by Crippen LogP contribution is 2.25. The average Bonchev–Trinajstić information content (AvgIpc) is 3.04. The van der Waals surface area contributed by atoms with Crippen LogP contribution in [0, 0.1) is 0 Å². The Morgan fingerprint density at radius 3 is 1.57 bits per heavy atom. The van der Waals surface area contributed by atoms with Crippen molar-refractivity contribution >= 4 is 17.7 Å². The predicted molar refractivity (Wildman–Crippen MR) is 114 cm³/mol. The molecule has 3 aromatic carbocycles. The molecule has 150 valence electrons. The topological polar surface area (TPSA) is 57.7 Å². The second-order valence-electron chi connectivity index (χ2n) is 7.37. The Morgan fingerprint density at radius 2 is 1.13 bits per heavy atom. The summed E-state index contributed by atoms with van der Waals surface area (Å²) in [6.07, 6.45) is 0. The minimum atomic E-state index is -0.898. The zero-order valence-electron chi connectivity index (χ0n) is 16.7. The lowest BCUT2D eigenvalue weighted by Gasteiger charge is -2.29. The van der Waals surface area contributed by atoms with Crippen molar-refractivity contribution in [3.8, 4) is 0 Å². The minimum absolute atomic E-state index is 0.266. The zero-order valence-corrected chi connectivity index (χ0v) is 16.7. The van der Waals surface area contributed by atoms with Crippen LogP contribution in [-0.4, -0.2) is 33.6 Å². The second-order valence-corrected chi connectivity index (χ2v) is 7.37. The van der Waals surface area contributed by atoms with E-state index in [1.165, 1.54) is 0 Å². The fourth-order valence-corrected chi connectivity index (χ4v) is 3.75. The van der Waals surface area contributed by atoms with E-state index >= 15 is 0 Å². The third kappa shape index (κ3) is 3.74. The third-order valence-electron chi connectivity index (χ3n) is 5.31. The summed E-state index contributed by atoms with van der Waals surface area (Å²) < 4.78 is 0. The first-order valence-corrected chi connectivity index (χ1v) is 9.90. The molecule has 0 aromatic heterocycles. The van der Waals surface area contributed by atoms with Crippen LogP contribution in [-0.2, 0) is 17.9 Å². The molecule has 0 saturated heterocycles. The van der Waals surface area contributed by atoms with Gasteiger partial charge in [0.25, 0.3) is 11.8 Å². The largest absolute Gasteiger partial charge is 0.332 e. The Hall–Kier alpha value is -3.73. The van der Waals surface area contributed by atoms with Gasteiger partial charge in [-0.05, 0) is 30.2 Å². The Balaban J connectivity index is 1.61. The van der Waals surface area contributed by atoms with Crippen molar-refractivity contribution in [3.05, 3.63) is 107 Å². The van der Waals surface area contributed by atoms with Gasteiger partial charge in [0.2, 0.25) is 5.91 Å². The summed E-state index contributed by atoms with van der Waals surface area (Å²) in [6.45, 7) is 2.40. The molecule has 4 rings (SSSR count). The molecule has 1 aliphatic heterocycles. The Labute approximate surface area is 175 Å². The first-order chi connectivity index (χ1) is 14.6. The molecule has 3 aromatic rings. The van der Waals surface area contributed by atoms with E-state index in [4.69, 9.17) is 0 Å². The van der Waals surface area contributed by atoms with Crippen molar-refractivity contribution < 1.29 is 14.4 Å². The van der Waals surface area contributed by atoms with Gasteiger partial charge in [0, 0.05) is 13.1 Å². The molecule has 0 bridgehead atoms. The normalized spacial score (nSPS) is 13.8. The molecule has 5 heteroatoms. The molecule has 0 aliphatic carbocycles. The SMILES string of the molecule is C[C@@H](C(=O)N(Cc1ccccc1)Cc1ccccc1)N1C(=O)c2ccccc2C1=O. The number of imide groups is 1. The summed E-state index contributed by atoms with van der Waals surface area (Å²) in [5.41, 5.74) is 2.66. The first-order valence-electron chi connectivity index (χ1n) is 9.90. The summed E-state index contributed by atoms with van der Waals surface area (Å²) in [6, 6.07) is 25.2. The molecule has 30 heavy (non-hydrogen) atoms. The number of carbonyl (C=O) groups excluding carboxylic acids is 3. The maximum atomic E-state index is 13.5. The molecule has 5 nitrogen and oxygen atoms in total. The highest BCUT2D eigenvalue weighted by atomic mass is 16.2. The lowest BCUT2D eigenvalue weighted by molar-refractivity contribution is -0.136. The molecule has 1 heterocycles. The molecule has 0 radical (unpaired) electrons. The summed E-state index contributed by atoms with van der Waals surface area (Å²) in [5.74, 6) is -1.11. The van der Waals surface area contributed by atoms with E-state index in [1.807, 2.05) is 60.7 Å². The second kappa shape index (κ2) is 8.33. The zero-order chi connectivity index (χ0) is 21.1. The number of carbonyl (C=O) groups is 3. The average molecular weight is 398 g/mol. The molecular weight excluding hydrogens is 376 g/mol. The van der Waals surface area contributed by atoms with Gasteiger partial charge in [0.15, 0.2) is 0 Å². The lowest BCUT2D eigenvalue weighted by Crippen LogP contribution is -2.49. The summed E-state index contributed by atoms with van der Waals surface area (Å²) in [7, 11) is 0. The molecule has 0 fully saturated rings. The molecule has 0 saturated carbocycles. The van der Waals surface area contributed by atoms with Crippen molar-refractivity contribution in [3.63, 3.8) is 0 Å². The monoisotopic (exact) mass is 398 g/mol. The van der Waals surface area contributed by atoms with Crippen LogP contribution >= 0.6 is 0 Å². The highest BCUT2D eigenvalue weighted by Gasteiger charge is 2.41. The number of amides is 3. The van der Waals surface area contributed by atoms with E-state index in [0.717, 1.165) is 16.0 Å². The number of rotatable bonds is 6. The van der Waals surface area contributed by atoms with Crippen molar-refractivity contribution in [1.82, 2.24) is 9.80 Å². The third-order valence-corrected chi connectivity index (χ3v) is 5.31. The van der Waals surface area contributed by atoms with Crippen LogP contribution in [0.4, 0.5) is 0 Å². The Bertz CT molecular complexity index is 1000. The quantitative estimate of drug-likeness (QED) is 0.592. The van der Waals surface area contributed by atoms with Gasteiger partial charge >= 0.3 is 0 Å². The highest BCUT2D eigenvalue weighted by molar-refractivity contribution is 6.22. The van der Waals surface area contributed by atoms with E-state index in [2.05, 4.69) is 0 Å². The predicted octanol–water partition coefficient (Wildman–Crippen LogP) is 3.90. The molecule has 3 amide bonds. The number of nitrogens with zero attached hydrogens (tertiary/aromatic N) is 2.